The second kappa shape index (κ2) is 8.70. The molecular formula is C22H35N3O3+2. The summed E-state index contributed by atoms with van der Waals surface area (Å²) in [6, 6.07) is 6.62. The van der Waals surface area contributed by atoms with E-state index in [2.05, 4.69) is 31.3 Å². The summed E-state index contributed by atoms with van der Waals surface area (Å²) in [5.41, 5.74) is 1.29. The molecule has 1 amide bonds. The van der Waals surface area contributed by atoms with Gasteiger partial charge in [0.2, 0.25) is 6.79 Å². The van der Waals surface area contributed by atoms with Gasteiger partial charge in [-0.2, -0.15) is 0 Å². The van der Waals surface area contributed by atoms with E-state index in [4.69, 9.17) is 9.47 Å². The van der Waals surface area contributed by atoms with Gasteiger partial charge < -0.3 is 24.6 Å². The Morgan fingerprint density at radius 1 is 1.07 bits per heavy atom. The van der Waals surface area contributed by atoms with Crippen LogP contribution >= 0.6 is 0 Å². The van der Waals surface area contributed by atoms with Gasteiger partial charge in [0.1, 0.15) is 32.7 Å². The van der Waals surface area contributed by atoms with Gasteiger partial charge in [-0.25, -0.2) is 0 Å². The molecule has 2 heterocycles. The topological polar surface area (TPSA) is 56.4 Å². The fraction of sp³-hybridized carbons (Fsp3) is 0.682. The van der Waals surface area contributed by atoms with Crippen LogP contribution in [0, 0.1) is 11.8 Å². The summed E-state index contributed by atoms with van der Waals surface area (Å²) in [7, 11) is 0. The highest BCUT2D eigenvalue weighted by Gasteiger charge is 2.30. The van der Waals surface area contributed by atoms with Gasteiger partial charge in [0.25, 0.3) is 5.91 Å². The summed E-state index contributed by atoms with van der Waals surface area (Å²) < 4.78 is 10.9. The molecule has 0 spiro atoms. The minimum absolute atomic E-state index is 0.236. The van der Waals surface area contributed by atoms with E-state index in [0.717, 1.165) is 56.6 Å². The van der Waals surface area contributed by atoms with Crippen molar-refractivity contribution >= 4 is 5.91 Å². The van der Waals surface area contributed by atoms with Crippen LogP contribution < -0.4 is 24.6 Å². The van der Waals surface area contributed by atoms with Crippen molar-refractivity contribution in [2.24, 2.45) is 11.8 Å². The number of quaternary nitrogens is 2. The van der Waals surface area contributed by atoms with E-state index >= 15 is 0 Å². The first kappa shape index (κ1) is 19.5. The van der Waals surface area contributed by atoms with Crippen molar-refractivity contribution in [3.63, 3.8) is 0 Å². The van der Waals surface area contributed by atoms with Crippen molar-refractivity contribution in [3.8, 4) is 11.5 Å². The first-order valence-electron chi connectivity index (χ1n) is 10.9. The van der Waals surface area contributed by atoms with Crippen LogP contribution in [0.1, 0.15) is 38.7 Å². The Kier molecular flexibility index (Phi) is 6.07. The highest BCUT2D eigenvalue weighted by molar-refractivity contribution is 5.77. The Balaban J connectivity index is 1.20. The number of amides is 1. The van der Waals surface area contributed by atoms with Gasteiger partial charge in [0.15, 0.2) is 18.0 Å². The Morgan fingerprint density at radius 3 is 2.64 bits per heavy atom. The van der Waals surface area contributed by atoms with E-state index < -0.39 is 0 Å². The van der Waals surface area contributed by atoms with Crippen LogP contribution in [-0.2, 0) is 11.3 Å². The van der Waals surface area contributed by atoms with Gasteiger partial charge in [-0.3, -0.25) is 4.79 Å². The highest BCUT2D eigenvalue weighted by atomic mass is 16.7. The normalized spacial score (nSPS) is 32.1. The fourth-order valence-electron chi connectivity index (χ4n) is 4.92. The predicted molar refractivity (Wildman–Crippen MR) is 107 cm³/mol. The van der Waals surface area contributed by atoms with E-state index in [1.54, 1.807) is 4.90 Å². The van der Waals surface area contributed by atoms with Crippen molar-refractivity contribution in [2.75, 3.05) is 39.5 Å². The van der Waals surface area contributed by atoms with Crippen molar-refractivity contribution in [3.05, 3.63) is 23.8 Å². The zero-order valence-electron chi connectivity index (χ0n) is 17.3. The molecule has 2 fully saturated rings. The van der Waals surface area contributed by atoms with Crippen LogP contribution in [0.15, 0.2) is 18.2 Å². The summed E-state index contributed by atoms with van der Waals surface area (Å²) in [6.07, 6.45) is 3.68. The van der Waals surface area contributed by atoms with E-state index in [1.807, 2.05) is 6.07 Å². The molecule has 1 aromatic carbocycles. The Hall–Kier alpha value is -1.79. The lowest BCUT2D eigenvalue weighted by atomic mass is 9.78. The Labute approximate surface area is 168 Å². The minimum Gasteiger partial charge on any atom is -0.454 e. The van der Waals surface area contributed by atoms with Crippen molar-refractivity contribution in [1.29, 1.82) is 0 Å². The van der Waals surface area contributed by atoms with Gasteiger partial charge in [-0.1, -0.05) is 26.7 Å². The molecule has 0 unspecified atom stereocenters. The van der Waals surface area contributed by atoms with Crippen molar-refractivity contribution < 1.29 is 24.1 Å². The number of hydrogen-bond donors (Lipinski definition) is 3. The quantitative estimate of drug-likeness (QED) is 0.645. The Morgan fingerprint density at radius 2 is 1.82 bits per heavy atom. The first-order chi connectivity index (χ1) is 13.6. The van der Waals surface area contributed by atoms with Crippen LogP contribution in [0.5, 0.6) is 11.5 Å². The first-order valence-corrected chi connectivity index (χ1v) is 10.9. The van der Waals surface area contributed by atoms with Gasteiger partial charge >= 0.3 is 0 Å². The second-order valence-corrected chi connectivity index (χ2v) is 8.98. The number of carbonyl (C=O) groups excluding carboxylic acids is 1. The lowest BCUT2D eigenvalue weighted by molar-refractivity contribution is -1.02. The van der Waals surface area contributed by atoms with Crippen LogP contribution in [-0.4, -0.2) is 51.5 Å². The van der Waals surface area contributed by atoms with E-state index in [9.17, 15) is 4.79 Å². The lowest BCUT2D eigenvalue weighted by Crippen LogP contribution is -3.28. The smallest absolute Gasteiger partial charge is 0.275 e. The molecule has 2 aliphatic heterocycles. The number of fused-ring (bicyclic) bond motifs is 1. The number of ether oxygens (including phenoxy) is 2. The number of piperazine rings is 1. The number of rotatable bonds is 5. The summed E-state index contributed by atoms with van der Waals surface area (Å²) in [5, 5.41) is 3.33. The fourth-order valence-corrected chi connectivity index (χ4v) is 4.92. The molecule has 0 aromatic heterocycles. The maximum Gasteiger partial charge on any atom is 0.275 e. The van der Waals surface area contributed by atoms with Crippen molar-refractivity contribution in [1.82, 2.24) is 5.32 Å². The van der Waals surface area contributed by atoms with E-state index in [1.165, 1.54) is 23.3 Å². The number of nitrogens with one attached hydrogen (secondary N) is 3. The van der Waals surface area contributed by atoms with Crippen LogP contribution in [0.2, 0.25) is 0 Å². The van der Waals surface area contributed by atoms with Gasteiger partial charge in [-0.05, 0) is 36.5 Å². The molecule has 3 atom stereocenters. The molecule has 6 heteroatoms. The maximum atomic E-state index is 12.5. The van der Waals surface area contributed by atoms with Crippen LogP contribution in [0.25, 0.3) is 0 Å². The lowest BCUT2D eigenvalue weighted by Gasteiger charge is -2.35. The summed E-state index contributed by atoms with van der Waals surface area (Å²) in [6.45, 7) is 10.9. The van der Waals surface area contributed by atoms with Gasteiger partial charge in [-0.15, -0.1) is 0 Å². The van der Waals surface area contributed by atoms with Crippen LogP contribution in [0.3, 0.4) is 0 Å². The average Bonchev–Trinajstić information content (AvgIpc) is 3.15. The minimum atomic E-state index is 0.236. The van der Waals surface area contributed by atoms with E-state index in [-0.39, 0.29) is 5.91 Å². The molecule has 4 rings (SSSR count). The molecule has 6 nitrogen and oxygen atoms in total. The maximum absolute atomic E-state index is 12.5. The zero-order valence-corrected chi connectivity index (χ0v) is 17.3. The zero-order chi connectivity index (χ0) is 19.5. The monoisotopic (exact) mass is 389 g/mol. The molecule has 1 saturated carbocycles. The summed E-state index contributed by atoms with van der Waals surface area (Å²) in [4.78, 5) is 15.5. The van der Waals surface area contributed by atoms with Crippen LogP contribution in [0.4, 0.5) is 0 Å². The van der Waals surface area contributed by atoms with Crippen molar-refractivity contribution in [2.45, 2.75) is 45.7 Å². The Bertz CT molecular complexity index is 688. The van der Waals surface area contributed by atoms with Gasteiger partial charge in [0.05, 0.1) is 0 Å². The molecule has 0 radical (unpaired) electrons. The number of hydrogen-bond acceptors (Lipinski definition) is 3. The third-order valence-corrected chi connectivity index (χ3v) is 7.02. The molecule has 3 N–H and O–H groups in total. The summed E-state index contributed by atoms with van der Waals surface area (Å²) in [5.74, 6) is 3.26. The molecule has 0 bridgehead atoms. The third kappa shape index (κ3) is 4.61. The molecule has 3 aliphatic rings. The molecule has 1 aliphatic carbocycles. The number of benzene rings is 1. The molecular weight excluding hydrogens is 354 g/mol. The number of carbonyl (C=O) groups is 1. The molecule has 1 aromatic rings. The summed E-state index contributed by atoms with van der Waals surface area (Å²) >= 11 is 0. The molecule has 154 valence electrons. The third-order valence-electron chi connectivity index (χ3n) is 7.02. The van der Waals surface area contributed by atoms with Gasteiger partial charge in [0, 0.05) is 11.6 Å². The van der Waals surface area contributed by atoms with E-state index in [0.29, 0.717) is 25.3 Å². The standard InChI is InChI=1S/C22H33N3O3/c1-16-4-3-5-19(17(16)2)23-22(26)14-25-10-8-24(9-11-25)13-18-6-7-20-21(12-18)28-15-27-20/h6-7,12,16-17,19H,3-5,8-11,13-15H2,1-2H3,(H,23,26)/p+2/t16-,17-,19-/m1/s1. The largest absolute Gasteiger partial charge is 0.454 e. The SMILES string of the molecule is C[C@@H]1[C@H](C)CCC[C@H]1NC(=O)C[NH+]1CC[NH+](Cc2ccc3c(c2)OCO3)CC1. The predicted octanol–water partition coefficient (Wildman–Crippen LogP) is -0.360. The highest BCUT2D eigenvalue weighted by Crippen LogP contribution is 2.32. The molecule has 28 heavy (non-hydrogen) atoms. The average molecular weight is 390 g/mol. The molecule has 1 saturated heterocycles. The second-order valence-electron chi connectivity index (χ2n) is 8.98.